The van der Waals surface area contributed by atoms with E-state index < -0.39 is 0 Å². The summed E-state index contributed by atoms with van der Waals surface area (Å²) in [6.07, 6.45) is 3.72. The van der Waals surface area contributed by atoms with Crippen molar-refractivity contribution in [2.45, 2.75) is 32.2 Å². The zero-order valence-corrected chi connectivity index (χ0v) is 11.0. The van der Waals surface area contributed by atoms with Gasteiger partial charge in [-0.1, -0.05) is 6.92 Å². The molecule has 0 bridgehead atoms. The second kappa shape index (κ2) is 7.66. The van der Waals surface area contributed by atoms with Gasteiger partial charge in [0.05, 0.1) is 19.2 Å². The van der Waals surface area contributed by atoms with Gasteiger partial charge in [-0.25, -0.2) is 0 Å². The third-order valence-electron chi connectivity index (χ3n) is 2.67. The van der Waals surface area contributed by atoms with E-state index in [9.17, 15) is 4.79 Å². The first-order valence-electron chi connectivity index (χ1n) is 6.19. The number of nitrogens with zero attached hydrogens (tertiary/aromatic N) is 1. The molecule has 1 atom stereocenters. The van der Waals surface area contributed by atoms with Gasteiger partial charge in [-0.2, -0.15) is 0 Å². The van der Waals surface area contributed by atoms with Crippen molar-refractivity contribution in [3.8, 4) is 5.75 Å². The summed E-state index contributed by atoms with van der Waals surface area (Å²) in [5.41, 5.74) is 6.82. The number of hydrogen-bond donors (Lipinski definition) is 2. The van der Waals surface area contributed by atoms with Gasteiger partial charge in [-0.05, 0) is 18.6 Å². The fourth-order valence-corrected chi connectivity index (χ4v) is 1.42. The predicted molar refractivity (Wildman–Crippen MR) is 70.4 cm³/mol. The van der Waals surface area contributed by atoms with E-state index in [1.807, 2.05) is 12.1 Å². The molecule has 5 heteroatoms. The third kappa shape index (κ3) is 5.14. The van der Waals surface area contributed by atoms with Crippen LogP contribution in [0.2, 0.25) is 0 Å². The smallest absolute Gasteiger partial charge is 0.223 e. The van der Waals surface area contributed by atoms with Crippen LogP contribution in [0.3, 0.4) is 0 Å². The van der Waals surface area contributed by atoms with Crippen LogP contribution in [0.1, 0.15) is 25.5 Å². The van der Waals surface area contributed by atoms with Crippen LogP contribution in [0.25, 0.3) is 0 Å². The third-order valence-corrected chi connectivity index (χ3v) is 2.67. The number of hydrogen-bond acceptors (Lipinski definition) is 4. The molecule has 0 saturated carbocycles. The Morgan fingerprint density at radius 3 is 2.89 bits per heavy atom. The molecule has 1 aromatic rings. The maximum absolute atomic E-state index is 11.0. The lowest BCUT2D eigenvalue weighted by Crippen LogP contribution is -2.22. The first kappa shape index (κ1) is 14.4. The van der Waals surface area contributed by atoms with Crippen LogP contribution < -0.4 is 15.8 Å². The number of carbonyl (C=O) groups is 1. The van der Waals surface area contributed by atoms with Crippen molar-refractivity contribution >= 4 is 5.91 Å². The van der Waals surface area contributed by atoms with E-state index in [1.54, 1.807) is 13.2 Å². The summed E-state index contributed by atoms with van der Waals surface area (Å²) in [5, 5.41) is 2.54. The Labute approximate surface area is 108 Å². The van der Waals surface area contributed by atoms with Gasteiger partial charge in [0, 0.05) is 25.2 Å². The quantitative estimate of drug-likeness (QED) is 0.754. The van der Waals surface area contributed by atoms with Gasteiger partial charge in [-0.3, -0.25) is 9.78 Å². The molecule has 0 fully saturated rings. The molecule has 3 N–H and O–H groups in total. The molecular weight excluding hydrogens is 230 g/mol. The summed E-state index contributed by atoms with van der Waals surface area (Å²) < 4.78 is 5.41. The molecular formula is C13H21N3O2. The number of ether oxygens (including phenoxy) is 1. The molecule has 0 spiro atoms. The highest BCUT2D eigenvalue weighted by molar-refractivity contribution is 5.75. The van der Waals surface area contributed by atoms with Gasteiger partial charge in [0.1, 0.15) is 5.75 Å². The van der Waals surface area contributed by atoms with E-state index in [0.717, 1.165) is 18.5 Å². The second-order valence-corrected chi connectivity index (χ2v) is 4.13. The highest BCUT2D eigenvalue weighted by Gasteiger charge is 2.03. The fraction of sp³-hybridized carbons (Fsp3) is 0.538. The number of nitrogens with one attached hydrogen (secondary N) is 1. The van der Waals surface area contributed by atoms with Crippen LogP contribution in [0.15, 0.2) is 18.3 Å². The Morgan fingerprint density at radius 1 is 1.56 bits per heavy atom. The Hall–Kier alpha value is -1.62. The topological polar surface area (TPSA) is 77.2 Å². The van der Waals surface area contributed by atoms with Gasteiger partial charge < -0.3 is 15.8 Å². The van der Waals surface area contributed by atoms with Crippen LogP contribution in [-0.4, -0.2) is 30.6 Å². The van der Waals surface area contributed by atoms with Crippen molar-refractivity contribution in [1.82, 2.24) is 10.3 Å². The largest absolute Gasteiger partial charge is 0.491 e. The van der Waals surface area contributed by atoms with E-state index in [-0.39, 0.29) is 11.9 Å². The summed E-state index contributed by atoms with van der Waals surface area (Å²) in [6, 6.07) is 3.91. The summed E-state index contributed by atoms with van der Waals surface area (Å²) >= 11 is 0. The number of carbonyl (C=O) groups excluding carboxylic acids is 1. The molecule has 0 saturated heterocycles. The number of amides is 1. The normalized spacial score (nSPS) is 11.9. The van der Waals surface area contributed by atoms with Crippen LogP contribution in [0, 0.1) is 0 Å². The lowest BCUT2D eigenvalue weighted by molar-refractivity contribution is -0.121. The Kier molecular flexibility index (Phi) is 6.14. The average molecular weight is 251 g/mol. The van der Waals surface area contributed by atoms with Crippen LogP contribution in [-0.2, 0) is 11.2 Å². The summed E-state index contributed by atoms with van der Waals surface area (Å²) in [7, 11) is 1.61. The monoisotopic (exact) mass is 251 g/mol. The average Bonchev–Trinajstić information content (AvgIpc) is 2.40. The summed E-state index contributed by atoms with van der Waals surface area (Å²) in [4.78, 5) is 15.3. The van der Waals surface area contributed by atoms with E-state index in [1.165, 1.54) is 0 Å². The first-order chi connectivity index (χ1) is 8.65. The van der Waals surface area contributed by atoms with Crippen molar-refractivity contribution in [2.24, 2.45) is 5.73 Å². The van der Waals surface area contributed by atoms with Gasteiger partial charge in [0.15, 0.2) is 0 Å². The molecule has 1 heterocycles. The van der Waals surface area contributed by atoms with E-state index >= 15 is 0 Å². The van der Waals surface area contributed by atoms with Crippen molar-refractivity contribution < 1.29 is 9.53 Å². The lowest BCUT2D eigenvalue weighted by atomic mass is 10.1. The predicted octanol–water partition coefficient (Wildman–Crippen LogP) is 0.876. The second-order valence-electron chi connectivity index (χ2n) is 4.13. The number of pyridine rings is 1. The molecule has 1 amide bonds. The van der Waals surface area contributed by atoms with Crippen molar-refractivity contribution in [1.29, 1.82) is 0 Å². The van der Waals surface area contributed by atoms with E-state index in [0.29, 0.717) is 18.8 Å². The number of aromatic nitrogens is 1. The van der Waals surface area contributed by atoms with Gasteiger partial charge >= 0.3 is 0 Å². The minimum atomic E-state index is -0.0338. The SMILES string of the molecule is CCC(N)Cc1ccc(OCCC(=O)NC)cn1. The zero-order valence-electron chi connectivity index (χ0n) is 11.0. The number of nitrogens with two attached hydrogens (primary N) is 1. The lowest BCUT2D eigenvalue weighted by Gasteiger charge is -2.09. The summed E-state index contributed by atoms with van der Waals surface area (Å²) in [6.45, 7) is 2.41. The molecule has 0 radical (unpaired) electrons. The molecule has 0 aromatic carbocycles. The highest BCUT2D eigenvalue weighted by Crippen LogP contribution is 2.10. The molecule has 1 rings (SSSR count). The zero-order chi connectivity index (χ0) is 13.4. The molecule has 1 aromatic heterocycles. The van der Waals surface area contributed by atoms with Crippen molar-refractivity contribution in [3.05, 3.63) is 24.0 Å². The molecule has 18 heavy (non-hydrogen) atoms. The van der Waals surface area contributed by atoms with Gasteiger partial charge in [-0.15, -0.1) is 0 Å². The standard InChI is InChI=1S/C13H21N3O2/c1-3-10(14)8-11-4-5-12(9-16-11)18-7-6-13(17)15-2/h4-5,9-10H,3,6-8,14H2,1-2H3,(H,15,17). The Morgan fingerprint density at radius 2 is 2.33 bits per heavy atom. The minimum absolute atomic E-state index is 0.0338. The number of rotatable bonds is 7. The Bertz CT molecular complexity index is 365. The maximum atomic E-state index is 11.0. The van der Waals surface area contributed by atoms with Crippen LogP contribution in [0.4, 0.5) is 0 Å². The van der Waals surface area contributed by atoms with Crippen molar-refractivity contribution in [3.63, 3.8) is 0 Å². The van der Waals surface area contributed by atoms with E-state index in [2.05, 4.69) is 17.2 Å². The van der Waals surface area contributed by atoms with Gasteiger partial charge in [0.25, 0.3) is 0 Å². The molecule has 100 valence electrons. The Balaban J connectivity index is 2.38. The fourth-order valence-electron chi connectivity index (χ4n) is 1.42. The molecule has 5 nitrogen and oxygen atoms in total. The molecule has 0 aliphatic rings. The molecule has 1 unspecified atom stereocenters. The molecule has 0 aliphatic carbocycles. The maximum Gasteiger partial charge on any atom is 0.223 e. The van der Waals surface area contributed by atoms with Gasteiger partial charge in [0.2, 0.25) is 5.91 Å². The van der Waals surface area contributed by atoms with Crippen molar-refractivity contribution in [2.75, 3.05) is 13.7 Å². The minimum Gasteiger partial charge on any atom is -0.491 e. The van der Waals surface area contributed by atoms with Crippen LogP contribution >= 0.6 is 0 Å². The van der Waals surface area contributed by atoms with Crippen LogP contribution in [0.5, 0.6) is 5.75 Å². The highest BCUT2D eigenvalue weighted by atomic mass is 16.5. The molecule has 0 aliphatic heterocycles. The van der Waals surface area contributed by atoms with E-state index in [4.69, 9.17) is 10.5 Å². The summed E-state index contributed by atoms with van der Waals surface area (Å²) in [5.74, 6) is 0.640. The first-order valence-corrected chi connectivity index (χ1v) is 6.19.